The van der Waals surface area contributed by atoms with Crippen LogP contribution in [0.5, 0.6) is 11.5 Å². The lowest BCUT2D eigenvalue weighted by Crippen LogP contribution is -2.29. The van der Waals surface area contributed by atoms with Crippen LogP contribution in [0.1, 0.15) is 29.7 Å². The first-order valence-corrected chi connectivity index (χ1v) is 10.6. The van der Waals surface area contributed by atoms with Gasteiger partial charge < -0.3 is 19.5 Å². The van der Waals surface area contributed by atoms with E-state index in [1.165, 1.54) is 24.4 Å². The van der Waals surface area contributed by atoms with E-state index in [9.17, 15) is 14.7 Å². The second-order valence-electron chi connectivity index (χ2n) is 7.49. The van der Waals surface area contributed by atoms with Crippen molar-refractivity contribution in [2.24, 2.45) is 0 Å². The van der Waals surface area contributed by atoms with Crippen LogP contribution in [0.15, 0.2) is 78.6 Å². The smallest absolute Gasteiger partial charge is 0.295 e. The summed E-state index contributed by atoms with van der Waals surface area (Å²) in [6, 6.07) is 17.0. The number of benzene rings is 2. The molecule has 1 aliphatic heterocycles. The SMILES string of the molecule is CCOc1ccc(C2C(=C(O)c3ccncc3)C(=O)C(=O)N2Cc2ccccc2)cc1OC. The van der Waals surface area contributed by atoms with Gasteiger partial charge in [-0.1, -0.05) is 36.4 Å². The summed E-state index contributed by atoms with van der Waals surface area (Å²) >= 11 is 0. The summed E-state index contributed by atoms with van der Waals surface area (Å²) in [5, 5.41) is 11.1. The van der Waals surface area contributed by atoms with Crippen molar-refractivity contribution < 1.29 is 24.2 Å². The first kappa shape index (κ1) is 22.1. The maximum Gasteiger partial charge on any atom is 0.295 e. The minimum atomic E-state index is -0.803. The zero-order valence-electron chi connectivity index (χ0n) is 18.4. The molecule has 33 heavy (non-hydrogen) atoms. The van der Waals surface area contributed by atoms with Crippen LogP contribution in [-0.2, 0) is 16.1 Å². The summed E-state index contributed by atoms with van der Waals surface area (Å²) in [6.07, 6.45) is 3.04. The summed E-state index contributed by atoms with van der Waals surface area (Å²) < 4.78 is 11.1. The van der Waals surface area contributed by atoms with Crippen molar-refractivity contribution in [3.05, 3.63) is 95.3 Å². The summed E-state index contributed by atoms with van der Waals surface area (Å²) in [6.45, 7) is 2.54. The molecular weight excluding hydrogens is 420 g/mol. The van der Waals surface area contributed by atoms with Gasteiger partial charge in [-0.25, -0.2) is 0 Å². The highest BCUT2D eigenvalue weighted by molar-refractivity contribution is 6.46. The highest BCUT2D eigenvalue weighted by atomic mass is 16.5. The second-order valence-corrected chi connectivity index (χ2v) is 7.49. The van der Waals surface area contributed by atoms with Crippen LogP contribution in [-0.4, -0.2) is 40.4 Å². The number of aliphatic hydroxyl groups excluding tert-OH is 1. The normalized spacial score (nSPS) is 17.3. The van der Waals surface area contributed by atoms with E-state index >= 15 is 0 Å². The van der Waals surface area contributed by atoms with Crippen molar-refractivity contribution in [2.45, 2.75) is 19.5 Å². The van der Waals surface area contributed by atoms with E-state index < -0.39 is 17.7 Å². The van der Waals surface area contributed by atoms with E-state index in [0.29, 0.717) is 29.2 Å². The average molecular weight is 444 g/mol. The Labute approximate surface area is 191 Å². The van der Waals surface area contributed by atoms with Gasteiger partial charge in [0, 0.05) is 24.5 Å². The molecule has 1 unspecified atom stereocenters. The Morgan fingerprint density at radius 3 is 2.42 bits per heavy atom. The van der Waals surface area contributed by atoms with Crippen LogP contribution < -0.4 is 9.47 Å². The van der Waals surface area contributed by atoms with E-state index in [1.807, 2.05) is 37.3 Å². The maximum atomic E-state index is 13.1. The molecule has 0 bridgehead atoms. The number of aromatic nitrogens is 1. The number of rotatable bonds is 7. The molecule has 1 fully saturated rings. The topological polar surface area (TPSA) is 89.0 Å². The molecule has 1 atom stereocenters. The molecule has 0 radical (unpaired) electrons. The predicted octanol–water partition coefficient (Wildman–Crippen LogP) is 4.11. The Bertz CT molecular complexity index is 1190. The van der Waals surface area contributed by atoms with Crippen LogP contribution in [0.25, 0.3) is 5.76 Å². The standard InChI is InChI=1S/C26H24N2O5/c1-3-33-20-10-9-19(15-21(20)32-2)23-22(24(29)18-11-13-27-14-12-18)25(30)26(31)28(23)16-17-7-5-4-6-8-17/h4-15,23,29H,3,16H2,1-2H3. The summed E-state index contributed by atoms with van der Waals surface area (Å²) in [5.74, 6) is -0.629. The number of aliphatic hydroxyl groups is 1. The molecule has 3 aromatic rings. The Morgan fingerprint density at radius 1 is 1.03 bits per heavy atom. The number of carbonyl (C=O) groups is 2. The number of hydrogen-bond acceptors (Lipinski definition) is 6. The highest BCUT2D eigenvalue weighted by Crippen LogP contribution is 2.42. The first-order valence-electron chi connectivity index (χ1n) is 10.6. The molecule has 0 spiro atoms. The second kappa shape index (κ2) is 9.56. The lowest BCUT2D eigenvalue weighted by atomic mass is 9.95. The third kappa shape index (κ3) is 4.30. The molecule has 1 N–H and O–H groups in total. The van der Waals surface area contributed by atoms with Gasteiger partial charge in [-0.2, -0.15) is 0 Å². The third-order valence-corrected chi connectivity index (χ3v) is 5.49. The van der Waals surface area contributed by atoms with E-state index in [1.54, 1.807) is 30.3 Å². The van der Waals surface area contributed by atoms with Crippen molar-refractivity contribution in [2.75, 3.05) is 13.7 Å². The number of Topliss-reactive ketones (excluding diaryl/α,β-unsaturated/α-hetero) is 1. The lowest BCUT2D eigenvalue weighted by molar-refractivity contribution is -0.140. The molecule has 1 aliphatic rings. The van der Waals surface area contributed by atoms with E-state index in [4.69, 9.17) is 9.47 Å². The van der Waals surface area contributed by atoms with Gasteiger partial charge in [-0.15, -0.1) is 0 Å². The van der Waals surface area contributed by atoms with Gasteiger partial charge in [-0.05, 0) is 42.3 Å². The van der Waals surface area contributed by atoms with Crippen molar-refractivity contribution in [1.82, 2.24) is 9.88 Å². The maximum absolute atomic E-state index is 13.1. The Morgan fingerprint density at radius 2 is 1.76 bits per heavy atom. The fourth-order valence-electron chi connectivity index (χ4n) is 3.96. The van der Waals surface area contributed by atoms with Crippen LogP contribution in [0.3, 0.4) is 0 Å². The van der Waals surface area contributed by atoms with Gasteiger partial charge in [-0.3, -0.25) is 14.6 Å². The van der Waals surface area contributed by atoms with Gasteiger partial charge in [0.1, 0.15) is 5.76 Å². The van der Waals surface area contributed by atoms with Crippen LogP contribution >= 0.6 is 0 Å². The molecule has 0 aliphatic carbocycles. The lowest BCUT2D eigenvalue weighted by Gasteiger charge is -2.26. The van der Waals surface area contributed by atoms with Crippen molar-refractivity contribution >= 4 is 17.4 Å². The highest BCUT2D eigenvalue weighted by Gasteiger charge is 2.46. The van der Waals surface area contributed by atoms with Crippen LogP contribution in [0, 0.1) is 0 Å². The van der Waals surface area contributed by atoms with Gasteiger partial charge in [0.25, 0.3) is 11.7 Å². The minimum Gasteiger partial charge on any atom is -0.507 e. The third-order valence-electron chi connectivity index (χ3n) is 5.49. The molecular formula is C26H24N2O5. The summed E-state index contributed by atoms with van der Waals surface area (Å²) in [4.78, 5) is 31.7. The molecule has 0 saturated carbocycles. The summed E-state index contributed by atoms with van der Waals surface area (Å²) in [7, 11) is 1.53. The van der Waals surface area contributed by atoms with Gasteiger partial charge >= 0.3 is 0 Å². The first-order chi connectivity index (χ1) is 16.0. The Balaban J connectivity index is 1.87. The van der Waals surface area contributed by atoms with Crippen LogP contribution in [0.4, 0.5) is 0 Å². The predicted molar refractivity (Wildman–Crippen MR) is 123 cm³/mol. The van der Waals surface area contributed by atoms with E-state index in [2.05, 4.69) is 4.98 Å². The molecule has 7 nitrogen and oxygen atoms in total. The zero-order valence-corrected chi connectivity index (χ0v) is 18.4. The largest absolute Gasteiger partial charge is 0.507 e. The Hall–Kier alpha value is -4.13. The van der Waals surface area contributed by atoms with Crippen molar-refractivity contribution in [3.63, 3.8) is 0 Å². The number of pyridine rings is 1. The number of likely N-dealkylation sites (tertiary alicyclic amines) is 1. The fraction of sp³-hybridized carbons (Fsp3) is 0.192. The molecule has 1 aromatic heterocycles. The number of hydrogen-bond donors (Lipinski definition) is 1. The molecule has 168 valence electrons. The number of amides is 1. The molecule has 2 heterocycles. The van der Waals surface area contributed by atoms with Crippen molar-refractivity contribution in [1.29, 1.82) is 0 Å². The van der Waals surface area contributed by atoms with Gasteiger partial charge in [0.05, 0.1) is 25.3 Å². The number of methoxy groups -OCH3 is 1. The molecule has 1 amide bonds. The molecule has 7 heteroatoms. The average Bonchev–Trinajstić information content (AvgIpc) is 3.10. The van der Waals surface area contributed by atoms with Gasteiger partial charge in [0.2, 0.25) is 0 Å². The van der Waals surface area contributed by atoms with Crippen LogP contribution in [0.2, 0.25) is 0 Å². The fourth-order valence-corrected chi connectivity index (χ4v) is 3.96. The number of carbonyl (C=O) groups excluding carboxylic acids is 2. The van der Waals surface area contributed by atoms with E-state index in [-0.39, 0.29) is 17.9 Å². The Kier molecular flexibility index (Phi) is 6.40. The van der Waals surface area contributed by atoms with Crippen molar-refractivity contribution in [3.8, 4) is 11.5 Å². The monoisotopic (exact) mass is 444 g/mol. The molecule has 2 aromatic carbocycles. The number of nitrogens with zero attached hydrogens (tertiary/aromatic N) is 2. The number of ether oxygens (including phenoxy) is 2. The zero-order chi connectivity index (χ0) is 23.4. The number of ketones is 1. The van der Waals surface area contributed by atoms with E-state index in [0.717, 1.165) is 5.56 Å². The van der Waals surface area contributed by atoms with Gasteiger partial charge in [0.15, 0.2) is 11.5 Å². The molecule has 1 saturated heterocycles. The minimum absolute atomic E-state index is 0.0216. The molecule has 4 rings (SSSR count). The quantitative estimate of drug-likeness (QED) is 0.335. The summed E-state index contributed by atoms with van der Waals surface area (Å²) in [5.41, 5.74) is 1.92.